The van der Waals surface area contributed by atoms with Crippen molar-refractivity contribution in [3.63, 3.8) is 0 Å². The van der Waals surface area contributed by atoms with Gasteiger partial charge in [0.15, 0.2) is 6.61 Å². The molecule has 0 saturated carbocycles. The third-order valence-corrected chi connectivity index (χ3v) is 4.44. The molecule has 24 heavy (non-hydrogen) atoms. The average molecular weight is 354 g/mol. The number of hydrogen-bond acceptors (Lipinski definition) is 5. The van der Waals surface area contributed by atoms with Crippen molar-refractivity contribution in [2.24, 2.45) is 0 Å². The van der Waals surface area contributed by atoms with Crippen LogP contribution in [0.4, 0.5) is 9.18 Å². The Morgan fingerprint density at radius 2 is 2.04 bits per heavy atom. The van der Waals surface area contributed by atoms with Gasteiger partial charge in [-0.1, -0.05) is 23.9 Å². The summed E-state index contributed by atoms with van der Waals surface area (Å²) in [5, 5.41) is -0.0297. The van der Waals surface area contributed by atoms with Gasteiger partial charge in [0.25, 0.3) is 11.1 Å². The van der Waals surface area contributed by atoms with E-state index in [1.807, 2.05) is 0 Å². The SMILES string of the molecule is CN(Cc1ccc(F)cc1)C(=O)COC(=O)CCN1CCSC1=O. The van der Waals surface area contributed by atoms with Crippen molar-refractivity contribution in [1.82, 2.24) is 9.80 Å². The molecule has 0 aromatic heterocycles. The predicted molar refractivity (Wildman–Crippen MR) is 87.9 cm³/mol. The van der Waals surface area contributed by atoms with Crippen LogP contribution in [0.25, 0.3) is 0 Å². The summed E-state index contributed by atoms with van der Waals surface area (Å²) in [6.07, 6.45) is 0.0707. The van der Waals surface area contributed by atoms with Crippen molar-refractivity contribution >= 4 is 28.9 Å². The normalized spacial score (nSPS) is 13.9. The number of rotatable bonds is 7. The molecule has 0 N–H and O–H groups in total. The number of halogens is 1. The van der Waals surface area contributed by atoms with Gasteiger partial charge < -0.3 is 14.5 Å². The smallest absolute Gasteiger partial charge is 0.308 e. The number of carbonyl (C=O) groups is 3. The molecule has 1 fully saturated rings. The first kappa shape index (κ1) is 18.3. The molecular formula is C16H19FN2O4S. The van der Waals surface area contributed by atoms with E-state index in [9.17, 15) is 18.8 Å². The minimum atomic E-state index is -0.511. The van der Waals surface area contributed by atoms with Crippen LogP contribution in [0.1, 0.15) is 12.0 Å². The fraction of sp³-hybridized carbons (Fsp3) is 0.438. The first-order chi connectivity index (χ1) is 11.5. The fourth-order valence-corrected chi connectivity index (χ4v) is 2.98. The highest BCUT2D eigenvalue weighted by molar-refractivity contribution is 8.13. The van der Waals surface area contributed by atoms with Gasteiger partial charge in [-0.2, -0.15) is 0 Å². The molecule has 1 saturated heterocycles. The summed E-state index contributed by atoms with van der Waals surface area (Å²) in [7, 11) is 1.58. The zero-order valence-electron chi connectivity index (χ0n) is 13.4. The van der Waals surface area contributed by atoms with Crippen LogP contribution in [0, 0.1) is 5.82 Å². The van der Waals surface area contributed by atoms with Crippen LogP contribution in [0.3, 0.4) is 0 Å². The Kier molecular flexibility index (Phi) is 6.60. The van der Waals surface area contributed by atoms with Crippen molar-refractivity contribution in [3.8, 4) is 0 Å². The van der Waals surface area contributed by atoms with E-state index in [-0.39, 0.29) is 30.0 Å². The summed E-state index contributed by atoms with van der Waals surface area (Å²) >= 11 is 1.23. The van der Waals surface area contributed by atoms with Gasteiger partial charge >= 0.3 is 5.97 Å². The monoisotopic (exact) mass is 354 g/mol. The van der Waals surface area contributed by atoms with Gasteiger partial charge in [-0.05, 0) is 17.7 Å². The van der Waals surface area contributed by atoms with Crippen LogP contribution < -0.4 is 0 Å². The Bertz CT molecular complexity index is 609. The van der Waals surface area contributed by atoms with E-state index < -0.39 is 5.97 Å². The highest BCUT2D eigenvalue weighted by Gasteiger charge is 2.22. The highest BCUT2D eigenvalue weighted by atomic mass is 32.2. The third kappa shape index (κ3) is 5.52. The number of hydrogen-bond donors (Lipinski definition) is 0. The van der Waals surface area contributed by atoms with Crippen LogP contribution in [-0.4, -0.2) is 59.4 Å². The van der Waals surface area contributed by atoms with Crippen molar-refractivity contribution in [1.29, 1.82) is 0 Å². The number of benzene rings is 1. The van der Waals surface area contributed by atoms with Crippen molar-refractivity contribution in [2.75, 3.05) is 32.5 Å². The Hall–Kier alpha value is -2.09. The zero-order chi connectivity index (χ0) is 17.5. The number of amides is 2. The van der Waals surface area contributed by atoms with E-state index in [0.717, 1.165) is 11.3 Å². The largest absolute Gasteiger partial charge is 0.456 e. The van der Waals surface area contributed by atoms with Gasteiger partial charge in [0.1, 0.15) is 5.82 Å². The lowest BCUT2D eigenvalue weighted by Crippen LogP contribution is -2.32. The topological polar surface area (TPSA) is 66.9 Å². The summed E-state index contributed by atoms with van der Waals surface area (Å²) in [4.78, 5) is 38.0. The first-order valence-electron chi connectivity index (χ1n) is 7.51. The lowest BCUT2D eigenvalue weighted by molar-refractivity contribution is -0.151. The van der Waals surface area contributed by atoms with Gasteiger partial charge in [-0.3, -0.25) is 14.4 Å². The van der Waals surface area contributed by atoms with Crippen molar-refractivity contribution < 1.29 is 23.5 Å². The van der Waals surface area contributed by atoms with Gasteiger partial charge in [-0.15, -0.1) is 0 Å². The number of thioether (sulfide) groups is 1. The van der Waals surface area contributed by atoms with Gasteiger partial charge in [0, 0.05) is 32.4 Å². The minimum Gasteiger partial charge on any atom is -0.456 e. The highest BCUT2D eigenvalue weighted by Crippen LogP contribution is 2.17. The van der Waals surface area contributed by atoms with Gasteiger partial charge in [0.05, 0.1) is 6.42 Å². The molecule has 2 rings (SSSR count). The molecule has 1 aliphatic heterocycles. The summed E-state index contributed by atoms with van der Waals surface area (Å²) in [6, 6.07) is 5.84. The molecule has 1 aliphatic rings. The van der Waals surface area contributed by atoms with E-state index in [2.05, 4.69) is 0 Å². The lowest BCUT2D eigenvalue weighted by Gasteiger charge is -2.18. The van der Waals surface area contributed by atoms with E-state index in [0.29, 0.717) is 19.6 Å². The van der Waals surface area contributed by atoms with E-state index in [1.165, 1.54) is 28.8 Å². The number of nitrogens with zero attached hydrogens (tertiary/aromatic N) is 2. The molecule has 0 radical (unpaired) electrons. The molecule has 1 heterocycles. The number of likely N-dealkylation sites (N-methyl/N-ethyl adjacent to an activating group) is 1. The van der Waals surface area contributed by atoms with Crippen LogP contribution in [0.5, 0.6) is 0 Å². The third-order valence-electron chi connectivity index (χ3n) is 3.55. The Balaban J connectivity index is 1.68. The van der Waals surface area contributed by atoms with E-state index >= 15 is 0 Å². The molecule has 6 nitrogen and oxygen atoms in total. The lowest BCUT2D eigenvalue weighted by atomic mass is 10.2. The standard InChI is InChI=1S/C16H19FN2O4S/c1-18(10-12-2-4-13(17)5-3-12)14(20)11-23-15(21)6-7-19-8-9-24-16(19)22/h2-5H,6-11H2,1H3. The van der Waals surface area contributed by atoms with E-state index in [4.69, 9.17) is 4.74 Å². The van der Waals surface area contributed by atoms with Gasteiger partial charge in [0.2, 0.25) is 0 Å². The Morgan fingerprint density at radius 3 is 2.67 bits per heavy atom. The number of carbonyl (C=O) groups excluding carboxylic acids is 3. The molecule has 0 aliphatic carbocycles. The summed E-state index contributed by atoms with van der Waals surface area (Å²) in [6.45, 7) is 0.899. The van der Waals surface area contributed by atoms with Crippen LogP contribution in [0.2, 0.25) is 0 Å². The second-order valence-electron chi connectivity index (χ2n) is 5.39. The predicted octanol–water partition coefficient (Wildman–Crippen LogP) is 1.89. The molecule has 0 bridgehead atoms. The average Bonchev–Trinajstić information content (AvgIpc) is 2.97. The van der Waals surface area contributed by atoms with Gasteiger partial charge in [-0.25, -0.2) is 4.39 Å². The molecular weight excluding hydrogens is 335 g/mol. The molecule has 130 valence electrons. The maximum Gasteiger partial charge on any atom is 0.308 e. The van der Waals surface area contributed by atoms with Crippen molar-refractivity contribution in [3.05, 3.63) is 35.6 Å². The van der Waals surface area contributed by atoms with Crippen LogP contribution in [0.15, 0.2) is 24.3 Å². The summed E-state index contributed by atoms with van der Waals surface area (Å²) in [5.74, 6) is -0.458. The second kappa shape index (κ2) is 8.68. The quantitative estimate of drug-likeness (QED) is 0.700. The van der Waals surface area contributed by atoms with Crippen molar-refractivity contribution in [2.45, 2.75) is 13.0 Å². The first-order valence-corrected chi connectivity index (χ1v) is 8.50. The zero-order valence-corrected chi connectivity index (χ0v) is 14.2. The molecule has 8 heteroatoms. The molecule has 2 amide bonds. The second-order valence-corrected chi connectivity index (χ2v) is 6.43. The molecule has 0 spiro atoms. The van der Waals surface area contributed by atoms with E-state index in [1.54, 1.807) is 24.1 Å². The summed E-state index contributed by atoms with van der Waals surface area (Å²) < 4.78 is 17.8. The Morgan fingerprint density at radius 1 is 1.33 bits per heavy atom. The van der Waals surface area contributed by atoms with Crippen LogP contribution >= 0.6 is 11.8 Å². The maximum atomic E-state index is 12.8. The summed E-state index contributed by atoms with van der Waals surface area (Å²) in [5.41, 5.74) is 0.781. The molecule has 0 atom stereocenters. The molecule has 1 aromatic carbocycles. The number of esters is 1. The fourth-order valence-electron chi connectivity index (χ4n) is 2.13. The number of ether oxygens (including phenoxy) is 1. The molecule has 1 aromatic rings. The Labute approximate surface area is 143 Å². The minimum absolute atomic E-state index is 0.0297. The van der Waals surface area contributed by atoms with Crippen LogP contribution in [-0.2, 0) is 20.9 Å². The molecule has 0 unspecified atom stereocenters. The maximum absolute atomic E-state index is 12.8.